The number of carbonyl (C=O) groups is 1. The van der Waals surface area contributed by atoms with Crippen LogP contribution in [-0.4, -0.2) is 29.9 Å². The minimum atomic E-state index is 0.314. The summed E-state index contributed by atoms with van der Waals surface area (Å²) >= 11 is 0. The molecule has 1 aliphatic rings. The first-order chi connectivity index (χ1) is 12.8. The Morgan fingerprint density at radius 3 is 2.31 bits per heavy atom. The molecule has 26 heavy (non-hydrogen) atoms. The number of nitrogens with zero attached hydrogens (tertiary/aromatic N) is 1. The molecule has 0 N–H and O–H groups in total. The average Bonchev–Trinajstić information content (AvgIpc) is 2.68. The highest BCUT2D eigenvalue weighted by Crippen LogP contribution is 2.31. The average molecular weight is 351 g/mol. The number of hydrogen-bond donors (Lipinski definition) is 0. The molecule has 0 aliphatic carbocycles. The lowest BCUT2D eigenvalue weighted by Crippen LogP contribution is -2.52. The van der Waals surface area contributed by atoms with Gasteiger partial charge in [0.05, 0.1) is 13.2 Å². The highest BCUT2D eigenvalue weighted by molar-refractivity contribution is 5.50. The maximum absolute atomic E-state index is 11.2. The summed E-state index contributed by atoms with van der Waals surface area (Å²) in [6, 6.07) is 21.5. The Labute approximate surface area is 157 Å². The summed E-state index contributed by atoms with van der Waals surface area (Å²) in [4.78, 5) is 13.7. The van der Waals surface area contributed by atoms with Crippen LogP contribution < -0.4 is 0 Å². The van der Waals surface area contributed by atoms with E-state index in [4.69, 9.17) is 4.74 Å². The summed E-state index contributed by atoms with van der Waals surface area (Å²) in [6.07, 6.45) is 3.92. The summed E-state index contributed by atoms with van der Waals surface area (Å²) in [5.41, 5.74) is 2.50. The van der Waals surface area contributed by atoms with Crippen molar-refractivity contribution in [3.05, 3.63) is 71.8 Å². The Balaban J connectivity index is 1.68. The van der Waals surface area contributed by atoms with Crippen LogP contribution in [0.5, 0.6) is 0 Å². The first-order valence-corrected chi connectivity index (χ1v) is 9.63. The van der Waals surface area contributed by atoms with Crippen LogP contribution in [0.15, 0.2) is 60.7 Å². The predicted octanol–water partition coefficient (Wildman–Crippen LogP) is 4.46. The second-order valence-electron chi connectivity index (χ2n) is 7.34. The van der Waals surface area contributed by atoms with E-state index >= 15 is 0 Å². The van der Waals surface area contributed by atoms with E-state index in [2.05, 4.69) is 48.2 Å². The van der Waals surface area contributed by atoms with E-state index in [0.717, 1.165) is 25.7 Å². The number of aldehydes is 1. The van der Waals surface area contributed by atoms with Gasteiger partial charge >= 0.3 is 0 Å². The number of piperidine rings is 1. The Kier molecular flexibility index (Phi) is 6.98. The monoisotopic (exact) mass is 351 g/mol. The molecule has 0 aromatic heterocycles. The smallest absolute Gasteiger partial charge is 0.121 e. The van der Waals surface area contributed by atoms with Crippen molar-refractivity contribution in [2.24, 2.45) is 5.92 Å². The zero-order chi connectivity index (χ0) is 18.2. The third-order valence-corrected chi connectivity index (χ3v) is 5.48. The molecule has 2 aromatic rings. The molecule has 1 fully saturated rings. The Morgan fingerprint density at radius 1 is 1.00 bits per heavy atom. The van der Waals surface area contributed by atoms with Crippen molar-refractivity contribution in [3.8, 4) is 0 Å². The van der Waals surface area contributed by atoms with Gasteiger partial charge in [-0.1, -0.05) is 67.6 Å². The fourth-order valence-electron chi connectivity index (χ4n) is 3.95. The minimum Gasteiger partial charge on any atom is -0.375 e. The lowest BCUT2D eigenvalue weighted by Gasteiger charge is -2.45. The van der Waals surface area contributed by atoms with Gasteiger partial charge in [-0.05, 0) is 29.9 Å². The van der Waals surface area contributed by atoms with Crippen molar-refractivity contribution in [1.82, 2.24) is 4.90 Å². The molecule has 0 amide bonds. The Hall–Kier alpha value is -1.97. The van der Waals surface area contributed by atoms with Crippen molar-refractivity contribution >= 4 is 6.29 Å². The van der Waals surface area contributed by atoms with Crippen molar-refractivity contribution in [2.45, 2.75) is 51.4 Å². The summed E-state index contributed by atoms with van der Waals surface area (Å²) in [5, 5.41) is 0. The SMILES string of the molecule is CC1CC[C@@H](CC=O)N(Cc2ccccc2)C1COCc1ccccc1. The maximum atomic E-state index is 11.2. The molecule has 0 saturated carbocycles. The van der Waals surface area contributed by atoms with Gasteiger partial charge in [0.15, 0.2) is 0 Å². The van der Waals surface area contributed by atoms with E-state index in [1.165, 1.54) is 11.1 Å². The quantitative estimate of drug-likeness (QED) is 0.658. The molecule has 3 nitrogen and oxygen atoms in total. The second kappa shape index (κ2) is 9.65. The molecule has 0 bridgehead atoms. The van der Waals surface area contributed by atoms with E-state index in [1.807, 2.05) is 24.3 Å². The number of hydrogen-bond acceptors (Lipinski definition) is 3. The molecule has 3 rings (SSSR count). The van der Waals surface area contributed by atoms with Crippen molar-refractivity contribution in [2.75, 3.05) is 6.61 Å². The Bertz CT molecular complexity index is 658. The number of rotatable bonds is 8. The van der Waals surface area contributed by atoms with Crippen molar-refractivity contribution in [1.29, 1.82) is 0 Å². The topological polar surface area (TPSA) is 29.5 Å². The molecule has 0 spiro atoms. The second-order valence-corrected chi connectivity index (χ2v) is 7.34. The first-order valence-electron chi connectivity index (χ1n) is 9.63. The normalized spacial score (nSPS) is 23.7. The molecule has 3 heteroatoms. The van der Waals surface area contributed by atoms with E-state index in [9.17, 15) is 4.79 Å². The number of likely N-dealkylation sites (tertiary alicyclic amines) is 1. The number of carbonyl (C=O) groups excluding carboxylic acids is 1. The van der Waals surface area contributed by atoms with Gasteiger partial charge in [0.2, 0.25) is 0 Å². The van der Waals surface area contributed by atoms with Crippen molar-refractivity contribution in [3.63, 3.8) is 0 Å². The van der Waals surface area contributed by atoms with Crippen LogP contribution in [0.1, 0.15) is 37.3 Å². The molecule has 2 unspecified atom stereocenters. The van der Waals surface area contributed by atoms with E-state index in [-0.39, 0.29) is 0 Å². The van der Waals surface area contributed by atoms with Gasteiger partial charge in [0, 0.05) is 25.0 Å². The molecule has 138 valence electrons. The van der Waals surface area contributed by atoms with Gasteiger partial charge < -0.3 is 9.53 Å². The lowest BCUT2D eigenvalue weighted by molar-refractivity contribution is -0.110. The van der Waals surface area contributed by atoms with Crippen LogP contribution in [0.4, 0.5) is 0 Å². The molecule has 1 saturated heterocycles. The zero-order valence-corrected chi connectivity index (χ0v) is 15.6. The predicted molar refractivity (Wildman–Crippen MR) is 105 cm³/mol. The van der Waals surface area contributed by atoms with Gasteiger partial charge in [-0.2, -0.15) is 0 Å². The number of ether oxygens (including phenoxy) is 1. The molecule has 0 radical (unpaired) electrons. The van der Waals surface area contributed by atoms with Crippen LogP contribution in [0.3, 0.4) is 0 Å². The van der Waals surface area contributed by atoms with E-state index in [0.29, 0.717) is 37.6 Å². The van der Waals surface area contributed by atoms with Crippen molar-refractivity contribution < 1.29 is 9.53 Å². The highest BCUT2D eigenvalue weighted by atomic mass is 16.5. The van der Waals surface area contributed by atoms with Gasteiger partial charge in [0.1, 0.15) is 6.29 Å². The lowest BCUT2D eigenvalue weighted by atomic mass is 9.85. The van der Waals surface area contributed by atoms with Crippen LogP contribution in [0, 0.1) is 5.92 Å². The van der Waals surface area contributed by atoms with Crippen LogP contribution in [0.2, 0.25) is 0 Å². The van der Waals surface area contributed by atoms with Gasteiger partial charge in [-0.3, -0.25) is 4.90 Å². The van der Waals surface area contributed by atoms with Crippen LogP contribution in [-0.2, 0) is 22.7 Å². The molecule has 2 aromatic carbocycles. The van der Waals surface area contributed by atoms with Crippen LogP contribution in [0.25, 0.3) is 0 Å². The molecule has 3 atom stereocenters. The van der Waals surface area contributed by atoms with E-state index < -0.39 is 0 Å². The third-order valence-electron chi connectivity index (χ3n) is 5.48. The highest BCUT2D eigenvalue weighted by Gasteiger charge is 2.34. The van der Waals surface area contributed by atoms with Gasteiger partial charge in [-0.15, -0.1) is 0 Å². The van der Waals surface area contributed by atoms with Gasteiger partial charge in [0.25, 0.3) is 0 Å². The molecule has 1 heterocycles. The molecular weight excluding hydrogens is 322 g/mol. The Morgan fingerprint density at radius 2 is 1.65 bits per heavy atom. The molecular formula is C23H29NO2. The van der Waals surface area contributed by atoms with Gasteiger partial charge in [-0.25, -0.2) is 0 Å². The summed E-state index contributed by atoms with van der Waals surface area (Å²) in [7, 11) is 0. The first kappa shape index (κ1) is 18.8. The summed E-state index contributed by atoms with van der Waals surface area (Å²) < 4.78 is 6.09. The summed E-state index contributed by atoms with van der Waals surface area (Å²) in [6.45, 7) is 4.54. The maximum Gasteiger partial charge on any atom is 0.121 e. The van der Waals surface area contributed by atoms with E-state index in [1.54, 1.807) is 0 Å². The number of benzene rings is 2. The zero-order valence-electron chi connectivity index (χ0n) is 15.6. The standard InChI is InChI=1S/C23H29NO2/c1-19-12-13-22(14-15-25)24(16-20-8-4-2-5-9-20)23(19)18-26-17-21-10-6-3-7-11-21/h2-11,15,19,22-23H,12-14,16-18H2,1H3/t19?,22-,23?/m0/s1. The third kappa shape index (κ3) is 5.03. The van der Waals surface area contributed by atoms with Crippen LogP contribution >= 0.6 is 0 Å². The fourth-order valence-corrected chi connectivity index (χ4v) is 3.95. The summed E-state index contributed by atoms with van der Waals surface area (Å²) in [5.74, 6) is 0.567. The molecule has 1 aliphatic heterocycles. The fraction of sp³-hybridized carbons (Fsp3) is 0.435. The minimum absolute atomic E-state index is 0.314. The largest absolute Gasteiger partial charge is 0.375 e.